The number of nitrogens with one attached hydrogen (secondary N) is 1. The van der Waals surface area contributed by atoms with Gasteiger partial charge >= 0.3 is 0 Å². The van der Waals surface area contributed by atoms with Gasteiger partial charge in [0.15, 0.2) is 0 Å². The van der Waals surface area contributed by atoms with E-state index in [0.29, 0.717) is 32.2 Å². The summed E-state index contributed by atoms with van der Waals surface area (Å²) < 4.78 is 0. The molecule has 0 spiro atoms. The highest BCUT2D eigenvalue weighted by molar-refractivity contribution is 5.95. The summed E-state index contributed by atoms with van der Waals surface area (Å²) >= 11 is 0. The van der Waals surface area contributed by atoms with Gasteiger partial charge in [0.25, 0.3) is 0 Å². The van der Waals surface area contributed by atoms with Crippen LogP contribution in [0.4, 0.5) is 0 Å². The Kier molecular flexibility index (Phi) is 11.2. The monoisotopic (exact) mass is 631 g/mol. The third kappa shape index (κ3) is 8.92. The molecule has 0 saturated heterocycles. The molecule has 0 aliphatic heterocycles. The van der Waals surface area contributed by atoms with Gasteiger partial charge in [0, 0.05) is 51.4 Å². The van der Waals surface area contributed by atoms with Gasteiger partial charge in [0.2, 0.25) is 17.7 Å². The maximum atomic E-state index is 14.5. The lowest BCUT2D eigenvalue weighted by Crippen LogP contribution is -2.56. The van der Waals surface area contributed by atoms with E-state index >= 15 is 0 Å². The average Bonchev–Trinajstić information content (AvgIpc) is 3.08. The Morgan fingerprint density at radius 1 is 0.830 bits per heavy atom. The van der Waals surface area contributed by atoms with E-state index < -0.39 is 12.1 Å². The summed E-state index contributed by atoms with van der Waals surface area (Å²) in [6, 6.07) is 26.0. The largest absolute Gasteiger partial charge is 0.354 e. The Morgan fingerprint density at radius 3 is 2.21 bits per heavy atom. The van der Waals surface area contributed by atoms with Crippen molar-refractivity contribution in [1.82, 2.24) is 20.1 Å². The van der Waals surface area contributed by atoms with Crippen molar-refractivity contribution < 1.29 is 14.4 Å². The first-order valence-electron chi connectivity index (χ1n) is 16.4. The van der Waals surface area contributed by atoms with Crippen LogP contribution in [0.5, 0.6) is 0 Å². The lowest BCUT2D eigenvalue weighted by molar-refractivity contribution is -0.146. The zero-order chi connectivity index (χ0) is 33.2. The summed E-state index contributed by atoms with van der Waals surface area (Å²) in [7, 11) is 3.32. The Morgan fingerprint density at radius 2 is 1.51 bits per heavy atom. The lowest BCUT2D eigenvalue weighted by Gasteiger charge is -2.37. The summed E-state index contributed by atoms with van der Waals surface area (Å²) in [4.78, 5) is 48.8. The SMILES string of the molecule is CN(C(=O)/C=C/CC1(N)CCC1)[C@H](Cc1ccc2ccccc2c1)C(=O)N(C)[C@H](Cc1ccccc1)C(=O)NCCc1ccncc1. The van der Waals surface area contributed by atoms with Crippen LogP contribution < -0.4 is 11.1 Å². The smallest absolute Gasteiger partial charge is 0.246 e. The van der Waals surface area contributed by atoms with Crippen LogP contribution in [0, 0.1) is 0 Å². The minimum absolute atomic E-state index is 0.245. The summed E-state index contributed by atoms with van der Waals surface area (Å²) in [6.07, 6.45) is 11.7. The number of carbonyl (C=O) groups excluding carboxylic acids is 3. The second-order valence-electron chi connectivity index (χ2n) is 12.7. The van der Waals surface area contributed by atoms with Gasteiger partial charge in [-0.3, -0.25) is 19.4 Å². The maximum absolute atomic E-state index is 14.5. The van der Waals surface area contributed by atoms with Gasteiger partial charge in [-0.05, 0) is 77.8 Å². The number of carbonyl (C=O) groups is 3. The minimum Gasteiger partial charge on any atom is -0.354 e. The van der Waals surface area contributed by atoms with E-state index in [2.05, 4.69) is 16.4 Å². The summed E-state index contributed by atoms with van der Waals surface area (Å²) in [5.41, 5.74) is 9.06. The van der Waals surface area contributed by atoms with Crippen molar-refractivity contribution >= 4 is 28.5 Å². The van der Waals surface area contributed by atoms with Crippen molar-refractivity contribution in [1.29, 1.82) is 0 Å². The molecule has 0 bridgehead atoms. The van der Waals surface area contributed by atoms with Crippen LogP contribution in [0.25, 0.3) is 10.8 Å². The number of likely N-dealkylation sites (N-methyl/N-ethyl adjacent to an activating group) is 2. The Balaban J connectivity index is 1.38. The van der Waals surface area contributed by atoms with Crippen LogP contribution in [0.1, 0.15) is 42.4 Å². The van der Waals surface area contributed by atoms with Crippen LogP contribution in [0.3, 0.4) is 0 Å². The highest BCUT2D eigenvalue weighted by atomic mass is 16.2. The standard InChI is InChI=1S/C39H45N5O3/c1-43(36(45)14-8-20-39(40)21-9-22-39)35(28-31-15-16-32-12-6-7-13-33(32)26-31)38(47)44(2)34(27-30-10-4-3-5-11-30)37(46)42-25-19-29-17-23-41-24-18-29/h3-8,10-18,23-24,26,34-35H,9,19-22,25,27-28,40H2,1-2H3,(H,42,46)/b14-8+/t34-,35-/m1/s1. The molecule has 0 unspecified atom stereocenters. The first kappa shape index (κ1) is 33.5. The predicted octanol–water partition coefficient (Wildman–Crippen LogP) is 4.86. The highest BCUT2D eigenvalue weighted by Gasteiger charge is 2.35. The molecule has 5 rings (SSSR count). The molecular weight excluding hydrogens is 586 g/mol. The Hall–Kier alpha value is -4.82. The molecule has 8 heteroatoms. The Bertz CT molecular complexity index is 1690. The minimum atomic E-state index is -0.836. The van der Waals surface area contributed by atoms with Crippen LogP contribution >= 0.6 is 0 Å². The number of nitrogens with zero attached hydrogens (tertiary/aromatic N) is 3. The molecule has 1 aliphatic carbocycles. The molecule has 0 radical (unpaired) electrons. The first-order valence-corrected chi connectivity index (χ1v) is 16.4. The number of amides is 3. The summed E-state index contributed by atoms with van der Waals surface area (Å²) in [6.45, 7) is 0.419. The second kappa shape index (κ2) is 15.6. The van der Waals surface area contributed by atoms with Crippen LogP contribution in [-0.4, -0.2) is 70.8 Å². The van der Waals surface area contributed by atoms with E-state index in [4.69, 9.17) is 5.73 Å². The molecule has 47 heavy (non-hydrogen) atoms. The summed E-state index contributed by atoms with van der Waals surface area (Å²) in [5.74, 6) is -0.824. The molecular formula is C39H45N5O3. The van der Waals surface area contributed by atoms with Crippen LogP contribution in [0.15, 0.2) is 109 Å². The molecule has 1 heterocycles. The molecule has 8 nitrogen and oxygen atoms in total. The van der Waals surface area contributed by atoms with Gasteiger partial charge in [0.1, 0.15) is 12.1 Å². The number of fused-ring (bicyclic) bond motifs is 1. The van der Waals surface area contributed by atoms with Crippen molar-refractivity contribution in [2.45, 2.75) is 62.6 Å². The number of aromatic nitrogens is 1. The van der Waals surface area contributed by atoms with Crippen LogP contribution in [0.2, 0.25) is 0 Å². The molecule has 3 aromatic carbocycles. The van der Waals surface area contributed by atoms with Gasteiger partial charge in [-0.25, -0.2) is 0 Å². The lowest BCUT2D eigenvalue weighted by atomic mass is 9.75. The van der Waals surface area contributed by atoms with E-state index in [-0.39, 0.29) is 23.3 Å². The predicted molar refractivity (Wildman–Crippen MR) is 186 cm³/mol. The number of nitrogens with two attached hydrogens (primary N) is 1. The second-order valence-corrected chi connectivity index (χ2v) is 12.7. The number of benzene rings is 3. The molecule has 3 amide bonds. The quantitative estimate of drug-likeness (QED) is 0.193. The number of rotatable bonds is 14. The van der Waals surface area contributed by atoms with E-state index in [1.807, 2.05) is 84.9 Å². The van der Waals surface area contributed by atoms with Crippen molar-refractivity contribution in [3.63, 3.8) is 0 Å². The third-order valence-corrected chi connectivity index (χ3v) is 9.33. The molecule has 3 N–H and O–H groups in total. The number of hydrogen-bond acceptors (Lipinski definition) is 5. The van der Waals surface area contributed by atoms with Gasteiger partial charge < -0.3 is 20.9 Å². The van der Waals surface area contributed by atoms with Gasteiger partial charge in [0.05, 0.1) is 0 Å². The molecule has 1 fully saturated rings. The topological polar surface area (TPSA) is 109 Å². The fourth-order valence-corrected chi connectivity index (χ4v) is 6.11. The van der Waals surface area contributed by atoms with E-state index in [9.17, 15) is 14.4 Å². The molecule has 1 aliphatic rings. The number of hydrogen-bond donors (Lipinski definition) is 2. The zero-order valence-corrected chi connectivity index (χ0v) is 27.3. The van der Waals surface area contributed by atoms with E-state index in [1.54, 1.807) is 26.5 Å². The molecule has 2 atom stereocenters. The normalized spacial score (nSPS) is 15.0. The van der Waals surface area contributed by atoms with Gasteiger partial charge in [-0.1, -0.05) is 78.9 Å². The van der Waals surface area contributed by atoms with E-state index in [1.165, 1.54) is 15.9 Å². The molecule has 244 valence electrons. The molecule has 1 saturated carbocycles. The van der Waals surface area contributed by atoms with Crippen LogP contribution in [-0.2, 0) is 33.6 Å². The number of pyridine rings is 1. The van der Waals surface area contributed by atoms with Crippen molar-refractivity contribution in [3.8, 4) is 0 Å². The van der Waals surface area contributed by atoms with Gasteiger partial charge in [-0.15, -0.1) is 0 Å². The highest BCUT2D eigenvalue weighted by Crippen LogP contribution is 2.32. The molecule has 1 aromatic heterocycles. The van der Waals surface area contributed by atoms with Gasteiger partial charge in [-0.2, -0.15) is 0 Å². The third-order valence-electron chi connectivity index (χ3n) is 9.33. The van der Waals surface area contributed by atoms with Crippen molar-refractivity contribution in [2.24, 2.45) is 5.73 Å². The zero-order valence-electron chi connectivity index (χ0n) is 27.3. The van der Waals surface area contributed by atoms with E-state index in [0.717, 1.165) is 46.7 Å². The summed E-state index contributed by atoms with van der Waals surface area (Å²) in [5, 5.41) is 5.20. The molecule has 4 aromatic rings. The average molecular weight is 632 g/mol. The fraction of sp³-hybridized carbons (Fsp3) is 0.333. The Labute approximate surface area is 277 Å². The fourth-order valence-electron chi connectivity index (χ4n) is 6.11. The maximum Gasteiger partial charge on any atom is 0.246 e. The first-order chi connectivity index (χ1) is 22.7. The van der Waals surface area contributed by atoms with Crippen molar-refractivity contribution in [2.75, 3.05) is 20.6 Å². The van der Waals surface area contributed by atoms with Crippen molar-refractivity contribution in [3.05, 3.63) is 126 Å².